The van der Waals surface area contributed by atoms with Gasteiger partial charge in [-0.1, -0.05) is 12.1 Å². The molecule has 28 heavy (non-hydrogen) atoms. The van der Waals surface area contributed by atoms with E-state index in [-0.39, 0.29) is 36.9 Å². The van der Waals surface area contributed by atoms with Gasteiger partial charge in [-0.3, -0.25) is 4.99 Å². The first kappa shape index (κ1) is 21.9. The second-order valence-electron chi connectivity index (χ2n) is 6.10. The SMILES string of the molecule is CN=C(NCc1ccc2c(c1)OCO2)NCC(C)Oc1cccc(OC)c1.I. The normalized spacial score (nSPS) is 13.3. The molecule has 0 radical (unpaired) electrons. The lowest BCUT2D eigenvalue weighted by molar-refractivity contribution is 0.174. The average Bonchev–Trinajstić information content (AvgIpc) is 3.16. The number of halogens is 1. The Bertz CT molecular complexity index is 801. The van der Waals surface area contributed by atoms with Crippen molar-refractivity contribution in [3.05, 3.63) is 48.0 Å². The second kappa shape index (κ2) is 10.8. The van der Waals surface area contributed by atoms with Crippen molar-refractivity contribution in [2.45, 2.75) is 19.6 Å². The van der Waals surface area contributed by atoms with Crippen LogP contribution >= 0.6 is 24.0 Å². The first-order valence-electron chi connectivity index (χ1n) is 8.81. The first-order valence-corrected chi connectivity index (χ1v) is 8.81. The van der Waals surface area contributed by atoms with Gasteiger partial charge >= 0.3 is 0 Å². The van der Waals surface area contributed by atoms with Crippen molar-refractivity contribution in [2.75, 3.05) is 27.5 Å². The average molecular weight is 499 g/mol. The zero-order chi connectivity index (χ0) is 19.1. The summed E-state index contributed by atoms with van der Waals surface area (Å²) in [6, 6.07) is 13.5. The highest BCUT2D eigenvalue weighted by Gasteiger charge is 2.13. The fourth-order valence-electron chi connectivity index (χ4n) is 2.65. The third-order valence-electron chi connectivity index (χ3n) is 4.06. The largest absolute Gasteiger partial charge is 0.497 e. The summed E-state index contributed by atoms with van der Waals surface area (Å²) in [5.41, 5.74) is 1.09. The summed E-state index contributed by atoms with van der Waals surface area (Å²) in [5, 5.41) is 6.55. The lowest BCUT2D eigenvalue weighted by atomic mass is 10.2. The Labute approximate surface area is 182 Å². The van der Waals surface area contributed by atoms with Crippen molar-refractivity contribution >= 4 is 29.9 Å². The molecule has 0 amide bonds. The molecule has 0 fully saturated rings. The van der Waals surface area contributed by atoms with Crippen molar-refractivity contribution in [3.63, 3.8) is 0 Å². The second-order valence-corrected chi connectivity index (χ2v) is 6.10. The van der Waals surface area contributed by atoms with Crippen LogP contribution in [0.25, 0.3) is 0 Å². The molecule has 0 saturated heterocycles. The lowest BCUT2D eigenvalue weighted by Gasteiger charge is -2.18. The van der Waals surface area contributed by atoms with Crippen molar-refractivity contribution in [1.82, 2.24) is 10.6 Å². The highest BCUT2D eigenvalue weighted by atomic mass is 127. The molecule has 1 aliphatic heterocycles. The molecular formula is C20H26IN3O4. The summed E-state index contributed by atoms with van der Waals surface area (Å²) in [6.45, 7) is 3.51. The van der Waals surface area contributed by atoms with Crippen LogP contribution in [-0.2, 0) is 6.54 Å². The molecule has 152 valence electrons. The molecule has 1 aliphatic rings. The minimum absolute atomic E-state index is 0. The molecule has 2 aromatic carbocycles. The Morgan fingerprint density at radius 1 is 1.11 bits per heavy atom. The molecule has 0 saturated carbocycles. The number of nitrogens with zero attached hydrogens (tertiary/aromatic N) is 1. The highest BCUT2D eigenvalue weighted by Crippen LogP contribution is 2.32. The minimum atomic E-state index is -0.0406. The van der Waals surface area contributed by atoms with E-state index in [1.807, 2.05) is 49.4 Å². The van der Waals surface area contributed by atoms with Crippen LogP contribution in [0.1, 0.15) is 12.5 Å². The van der Waals surface area contributed by atoms with Gasteiger partial charge in [-0.25, -0.2) is 0 Å². The Hall–Kier alpha value is -2.36. The number of fused-ring (bicyclic) bond motifs is 1. The predicted molar refractivity (Wildman–Crippen MR) is 119 cm³/mol. The third kappa shape index (κ3) is 6.08. The van der Waals surface area contributed by atoms with Crippen molar-refractivity contribution in [1.29, 1.82) is 0 Å². The molecule has 0 aromatic heterocycles. The van der Waals surface area contributed by atoms with Gasteiger partial charge in [0.15, 0.2) is 17.5 Å². The summed E-state index contributed by atoms with van der Waals surface area (Å²) in [5.74, 6) is 3.80. The molecular weight excluding hydrogens is 473 g/mol. The standard InChI is InChI=1S/C20H25N3O4.HI/c1-14(27-17-6-4-5-16(10-17)24-3)11-22-20(21-2)23-12-15-7-8-18-19(9-15)26-13-25-18;/h4-10,14H,11-13H2,1-3H3,(H2,21,22,23);1H. The summed E-state index contributed by atoms with van der Waals surface area (Å²) in [4.78, 5) is 4.24. The van der Waals surface area contributed by atoms with Crippen molar-refractivity contribution < 1.29 is 18.9 Å². The van der Waals surface area contributed by atoms with Crippen molar-refractivity contribution in [2.24, 2.45) is 4.99 Å². The topological polar surface area (TPSA) is 73.3 Å². The van der Waals surface area contributed by atoms with Crippen LogP contribution in [-0.4, -0.2) is 39.6 Å². The molecule has 0 bridgehead atoms. The molecule has 2 N–H and O–H groups in total. The molecule has 1 unspecified atom stereocenters. The number of benzene rings is 2. The van der Waals surface area contributed by atoms with Gasteiger partial charge < -0.3 is 29.6 Å². The van der Waals surface area contributed by atoms with E-state index >= 15 is 0 Å². The summed E-state index contributed by atoms with van der Waals surface area (Å²) >= 11 is 0. The number of methoxy groups -OCH3 is 1. The van der Waals surface area contributed by atoms with Crippen LogP contribution in [0.3, 0.4) is 0 Å². The first-order chi connectivity index (χ1) is 13.2. The van der Waals surface area contributed by atoms with Gasteiger partial charge in [0.2, 0.25) is 6.79 Å². The third-order valence-corrected chi connectivity index (χ3v) is 4.06. The molecule has 7 nitrogen and oxygen atoms in total. The van der Waals surface area contributed by atoms with E-state index in [1.54, 1.807) is 14.2 Å². The van der Waals surface area contributed by atoms with Crippen LogP contribution in [0.4, 0.5) is 0 Å². The smallest absolute Gasteiger partial charge is 0.231 e. The molecule has 1 atom stereocenters. The highest BCUT2D eigenvalue weighted by molar-refractivity contribution is 14.0. The van der Waals surface area contributed by atoms with Gasteiger partial charge in [-0.2, -0.15) is 0 Å². The number of nitrogens with one attached hydrogen (secondary N) is 2. The fourth-order valence-corrected chi connectivity index (χ4v) is 2.65. The van der Waals surface area contributed by atoms with Crippen LogP contribution in [0, 0.1) is 0 Å². The van der Waals surface area contributed by atoms with Crippen molar-refractivity contribution in [3.8, 4) is 23.0 Å². The zero-order valence-electron chi connectivity index (χ0n) is 16.2. The molecule has 3 rings (SSSR count). The van der Waals surface area contributed by atoms with Crippen LogP contribution in [0.2, 0.25) is 0 Å². The van der Waals surface area contributed by atoms with E-state index in [0.29, 0.717) is 19.0 Å². The monoisotopic (exact) mass is 499 g/mol. The molecule has 8 heteroatoms. The Kier molecular flexibility index (Phi) is 8.49. The van der Waals surface area contributed by atoms with E-state index in [2.05, 4.69) is 15.6 Å². The van der Waals surface area contributed by atoms with Gasteiger partial charge in [0, 0.05) is 19.7 Å². The Morgan fingerprint density at radius 3 is 2.68 bits per heavy atom. The number of ether oxygens (including phenoxy) is 4. The molecule has 1 heterocycles. The summed E-state index contributed by atoms with van der Waals surface area (Å²) < 4.78 is 21.9. The van der Waals surface area contributed by atoms with E-state index in [4.69, 9.17) is 18.9 Å². The van der Waals surface area contributed by atoms with Crippen LogP contribution in [0.15, 0.2) is 47.5 Å². The van der Waals surface area contributed by atoms with E-state index in [9.17, 15) is 0 Å². The van der Waals surface area contributed by atoms with E-state index in [0.717, 1.165) is 28.6 Å². The molecule has 0 spiro atoms. The van der Waals surface area contributed by atoms with E-state index < -0.39 is 0 Å². The maximum Gasteiger partial charge on any atom is 0.231 e. The zero-order valence-corrected chi connectivity index (χ0v) is 18.6. The van der Waals surface area contributed by atoms with E-state index in [1.165, 1.54) is 0 Å². The van der Waals surface area contributed by atoms with Gasteiger partial charge in [0.05, 0.1) is 13.7 Å². The summed E-state index contributed by atoms with van der Waals surface area (Å²) in [6.07, 6.45) is -0.0406. The number of rotatable bonds is 7. The number of guanidine groups is 1. The predicted octanol–water partition coefficient (Wildman–Crippen LogP) is 3.17. The quantitative estimate of drug-likeness (QED) is 0.347. The molecule has 2 aromatic rings. The fraction of sp³-hybridized carbons (Fsp3) is 0.350. The van der Waals surface area contributed by atoms with Gasteiger partial charge in [0.1, 0.15) is 17.6 Å². The van der Waals surface area contributed by atoms with Gasteiger partial charge in [-0.05, 0) is 36.8 Å². The summed E-state index contributed by atoms with van der Waals surface area (Å²) in [7, 11) is 3.38. The Morgan fingerprint density at radius 2 is 1.89 bits per heavy atom. The number of hydrogen-bond acceptors (Lipinski definition) is 5. The Balaban J connectivity index is 0.00000280. The van der Waals surface area contributed by atoms with Gasteiger partial charge in [0.25, 0.3) is 0 Å². The maximum atomic E-state index is 5.91. The molecule has 0 aliphatic carbocycles. The number of hydrogen-bond donors (Lipinski definition) is 2. The number of aliphatic imine (C=N–C) groups is 1. The van der Waals surface area contributed by atoms with Crippen LogP contribution in [0.5, 0.6) is 23.0 Å². The minimum Gasteiger partial charge on any atom is -0.497 e. The van der Waals surface area contributed by atoms with Crippen LogP contribution < -0.4 is 29.6 Å². The van der Waals surface area contributed by atoms with Gasteiger partial charge in [-0.15, -0.1) is 24.0 Å². The maximum absolute atomic E-state index is 5.91. The lowest BCUT2D eigenvalue weighted by Crippen LogP contribution is -2.41.